The van der Waals surface area contributed by atoms with Gasteiger partial charge in [0.25, 0.3) is 0 Å². The standard InChI is InChI=1S/C17H25N3O4S/c1-13-11-18(12-14(2)24-13)17(21)19-9-10-20(15(19)3)25(22,23)16-7-5-4-6-8-16/h4-8,13-15H,9-12H2,1-3H3/t13-,14+,15-/m1/s1. The van der Waals surface area contributed by atoms with Gasteiger partial charge in [-0.05, 0) is 32.9 Å². The summed E-state index contributed by atoms with van der Waals surface area (Å²) < 4.78 is 32.8. The highest BCUT2D eigenvalue weighted by molar-refractivity contribution is 7.89. The molecule has 2 amide bonds. The number of urea groups is 1. The van der Waals surface area contributed by atoms with Crippen molar-refractivity contribution in [1.29, 1.82) is 0 Å². The largest absolute Gasteiger partial charge is 0.372 e. The van der Waals surface area contributed by atoms with E-state index in [4.69, 9.17) is 4.74 Å². The lowest BCUT2D eigenvalue weighted by Gasteiger charge is -2.38. The lowest BCUT2D eigenvalue weighted by Crippen LogP contribution is -2.54. The van der Waals surface area contributed by atoms with Gasteiger partial charge < -0.3 is 14.5 Å². The van der Waals surface area contributed by atoms with E-state index in [0.29, 0.717) is 26.2 Å². The van der Waals surface area contributed by atoms with Gasteiger partial charge in [0.15, 0.2) is 0 Å². The fourth-order valence-corrected chi connectivity index (χ4v) is 5.16. The summed E-state index contributed by atoms with van der Waals surface area (Å²) in [6.45, 7) is 7.39. The van der Waals surface area contributed by atoms with Gasteiger partial charge in [0.05, 0.1) is 23.3 Å². The van der Waals surface area contributed by atoms with Crippen LogP contribution in [0.1, 0.15) is 20.8 Å². The summed E-state index contributed by atoms with van der Waals surface area (Å²) in [6.07, 6.45) is -0.546. The predicted molar refractivity (Wildman–Crippen MR) is 93.5 cm³/mol. The third-order valence-electron chi connectivity index (χ3n) is 4.71. The fraction of sp³-hybridized carbons (Fsp3) is 0.588. The van der Waals surface area contributed by atoms with Gasteiger partial charge in [-0.15, -0.1) is 0 Å². The molecule has 138 valence electrons. The number of hydrogen-bond acceptors (Lipinski definition) is 4. The molecule has 2 saturated heterocycles. The molecular weight excluding hydrogens is 342 g/mol. The molecule has 1 aromatic rings. The second-order valence-electron chi connectivity index (χ2n) is 6.70. The first-order chi connectivity index (χ1) is 11.8. The predicted octanol–water partition coefficient (Wildman–Crippen LogP) is 1.57. The molecule has 3 rings (SSSR count). The number of sulfonamides is 1. The lowest BCUT2D eigenvalue weighted by molar-refractivity contribution is -0.0588. The average Bonchev–Trinajstić information content (AvgIpc) is 2.96. The van der Waals surface area contributed by atoms with Crippen LogP contribution >= 0.6 is 0 Å². The Morgan fingerprint density at radius 2 is 1.64 bits per heavy atom. The van der Waals surface area contributed by atoms with Crippen LogP contribution in [-0.2, 0) is 14.8 Å². The number of nitrogens with zero attached hydrogens (tertiary/aromatic N) is 3. The van der Waals surface area contributed by atoms with E-state index in [0.717, 1.165) is 0 Å². The van der Waals surface area contributed by atoms with Gasteiger partial charge in [-0.25, -0.2) is 13.2 Å². The van der Waals surface area contributed by atoms with Crippen LogP contribution in [0.4, 0.5) is 4.79 Å². The molecule has 8 heteroatoms. The number of amides is 2. The maximum absolute atomic E-state index is 12.9. The smallest absolute Gasteiger partial charge is 0.321 e. The maximum atomic E-state index is 12.9. The molecule has 0 radical (unpaired) electrons. The first kappa shape index (κ1) is 18.2. The lowest BCUT2D eigenvalue weighted by atomic mass is 10.2. The Morgan fingerprint density at radius 3 is 2.24 bits per heavy atom. The normalized spacial score (nSPS) is 28.4. The van der Waals surface area contributed by atoms with Crippen molar-refractivity contribution in [3.05, 3.63) is 30.3 Å². The van der Waals surface area contributed by atoms with Crippen molar-refractivity contribution >= 4 is 16.1 Å². The minimum atomic E-state index is -3.61. The Kier molecular flexibility index (Phi) is 5.04. The summed E-state index contributed by atoms with van der Waals surface area (Å²) in [5.41, 5.74) is 0. The summed E-state index contributed by atoms with van der Waals surface area (Å²) in [5.74, 6) is 0. The van der Waals surface area contributed by atoms with Gasteiger partial charge in [0, 0.05) is 26.2 Å². The topological polar surface area (TPSA) is 70.2 Å². The molecule has 0 aliphatic carbocycles. The van der Waals surface area contributed by atoms with Crippen molar-refractivity contribution in [3.63, 3.8) is 0 Å². The molecule has 0 aromatic heterocycles. The highest BCUT2D eigenvalue weighted by Gasteiger charge is 2.41. The van der Waals surface area contributed by atoms with Crippen molar-refractivity contribution in [1.82, 2.24) is 14.1 Å². The van der Waals surface area contributed by atoms with E-state index in [2.05, 4.69) is 0 Å². The minimum absolute atomic E-state index is 0.0187. The minimum Gasteiger partial charge on any atom is -0.372 e. The van der Waals surface area contributed by atoms with Crippen LogP contribution in [0.3, 0.4) is 0 Å². The van der Waals surface area contributed by atoms with Crippen LogP contribution in [0.2, 0.25) is 0 Å². The van der Waals surface area contributed by atoms with Crippen LogP contribution in [0.5, 0.6) is 0 Å². The quantitative estimate of drug-likeness (QED) is 0.796. The van der Waals surface area contributed by atoms with Gasteiger partial charge in [-0.1, -0.05) is 18.2 Å². The Bertz CT molecular complexity index is 715. The van der Waals surface area contributed by atoms with Gasteiger partial charge in [-0.3, -0.25) is 0 Å². The van der Waals surface area contributed by atoms with E-state index in [1.165, 1.54) is 4.31 Å². The second kappa shape index (κ2) is 6.93. The van der Waals surface area contributed by atoms with Crippen molar-refractivity contribution in [2.45, 2.75) is 44.0 Å². The number of benzene rings is 1. The Hall–Kier alpha value is -1.64. The summed E-state index contributed by atoms with van der Waals surface area (Å²) >= 11 is 0. The van der Waals surface area contributed by atoms with Crippen molar-refractivity contribution in [2.75, 3.05) is 26.2 Å². The van der Waals surface area contributed by atoms with Gasteiger partial charge >= 0.3 is 6.03 Å². The highest BCUT2D eigenvalue weighted by Crippen LogP contribution is 2.25. The molecule has 0 saturated carbocycles. The van der Waals surface area contributed by atoms with Crippen LogP contribution in [0.25, 0.3) is 0 Å². The van der Waals surface area contributed by atoms with E-state index in [1.807, 2.05) is 13.8 Å². The summed E-state index contributed by atoms with van der Waals surface area (Å²) in [5, 5.41) is 0. The third kappa shape index (κ3) is 3.51. The molecular formula is C17H25N3O4S. The number of morpholine rings is 1. The molecule has 0 spiro atoms. The van der Waals surface area contributed by atoms with Gasteiger partial charge in [-0.2, -0.15) is 4.31 Å². The summed E-state index contributed by atoms with van der Waals surface area (Å²) in [4.78, 5) is 16.5. The Balaban J connectivity index is 1.75. The Labute approximate surface area is 149 Å². The molecule has 0 N–H and O–H groups in total. The average molecular weight is 367 g/mol. The molecule has 25 heavy (non-hydrogen) atoms. The van der Waals surface area contributed by atoms with Gasteiger partial charge in [0.2, 0.25) is 10.0 Å². The van der Waals surface area contributed by atoms with E-state index < -0.39 is 16.2 Å². The first-order valence-electron chi connectivity index (χ1n) is 8.58. The summed E-state index contributed by atoms with van der Waals surface area (Å²) in [6, 6.07) is 8.22. The number of carbonyl (C=O) groups excluding carboxylic acids is 1. The van der Waals surface area contributed by atoms with E-state index in [1.54, 1.807) is 47.1 Å². The number of hydrogen-bond donors (Lipinski definition) is 0. The second-order valence-corrected chi connectivity index (χ2v) is 8.59. The molecule has 2 aliphatic rings. The van der Waals surface area contributed by atoms with Crippen molar-refractivity contribution in [3.8, 4) is 0 Å². The van der Waals surface area contributed by atoms with E-state index in [9.17, 15) is 13.2 Å². The van der Waals surface area contributed by atoms with Crippen molar-refractivity contribution < 1.29 is 17.9 Å². The molecule has 0 bridgehead atoms. The SMILES string of the molecule is C[C@@H]1CN(C(=O)N2CCN(S(=O)(=O)c3ccccc3)[C@@H]2C)C[C@H](C)O1. The van der Waals surface area contributed by atoms with Crippen LogP contribution in [0, 0.1) is 0 Å². The van der Waals surface area contributed by atoms with E-state index >= 15 is 0 Å². The molecule has 2 aliphatic heterocycles. The molecule has 3 atom stereocenters. The zero-order valence-corrected chi connectivity index (χ0v) is 15.6. The first-order valence-corrected chi connectivity index (χ1v) is 10.0. The zero-order valence-electron chi connectivity index (χ0n) is 14.8. The number of carbonyl (C=O) groups is 1. The molecule has 1 aromatic carbocycles. The van der Waals surface area contributed by atoms with E-state index in [-0.39, 0.29) is 23.1 Å². The maximum Gasteiger partial charge on any atom is 0.321 e. The van der Waals surface area contributed by atoms with Crippen LogP contribution in [0.15, 0.2) is 35.2 Å². The molecule has 0 unspecified atom stereocenters. The number of ether oxygens (including phenoxy) is 1. The molecule has 7 nitrogen and oxygen atoms in total. The highest BCUT2D eigenvalue weighted by atomic mass is 32.2. The molecule has 2 fully saturated rings. The summed E-state index contributed by atoms with van der Waals surface area (Å²) in [7, 11) is -3.61. The third-order valence-corrected chi connectivity index (χ3v) is 6.69. The van der Waals surface area contributed by atoms with Crippen LogP contribution in [-0.4, -0.2) is 73.1 Å². The number of rotatable bonds is 2. The molecule has 2 heterocycles. The van der Waals surface area contributed by atoms with Crippen molar-refractivity contribution in [2.24, 2.45) is 0 Å². The fourth-order valence-electron chi connectivity index (χ4n) is 3.56. The Morgan fingerprint density at radius 1 is 1.04 bits per heavy atom. The monoisotopic (exact) mass is 367 g/mol. The van der Waals surface area contributed by atoms with Gasteiger partial charge in [0.1, 0.15) is 0 Å². The van der Waals surface area contributed by atoms with Crippen LogP contribution < -0.4 is 0 Å². The zero-order chi connectivity index (χ0) is 18.2.